The van der Waals surface area contributed by atoms with E-state index in [1.807, 2.05) is 28.5 Å². The number of hydrogen-bond acceptors (Lipinski definition) is 4. The van der Waals surface area contributed by atoms with Crippen molar-refractivity contribution in [1.29, 1.82) is 0 Å². The molecular weight excluding hydrogens is 466 g/mol. The Bertz CT molecular complexity index is 1150. The highest BCUT2D eigenvalue weighted by atomic mass is 79.9. The Labute approximate surface area is 185 Å². The lowest BCUT2D eigenvalue weighted by atomic mass is 9.99. The molecule has 1 aromatic carbocycles. The van der Waals surface area contributed by atoms with Crippen molar-refractivity contribution in [3.05, 3.63) is 86.9 Å². The number of rotatable bonds is 4. The second-order valence-electron chi connectivity index (χ2n) is 6.98. The predicted molar refractivity (Wildman–Crippen MR) is 121 cm³/mol. The van der Waals surface area contributed by atoms with Gasteiger partial charge in [0.15, 0.2) is 0 Å². The first kappa shape index (κ1) is 18.8. The molecule has 0 saturated heterocycles. The summed E-state index contributed by atoms with van der Waals surface area (Å²) in [6, 6.07) is 16.5. The topological polar surface area (TPSA) is 38.1 Å². The molecule has 1 aliphatic rings. The highest BCUT2D eigenvalue weighted by Gasteiger charge is 2.32. The number of nitrogens with zero attached hydrogens (tertiary/aromatic N) is 3. The standard InChI is InChI=1S/C22H18BrN3OS2/c23-16-11-19(28-13-16)22-24-17(14-29-22)12-20(27)26-10-9-25-8-4-7-18(25)21(26)15-5-2-1-3-6-15/h1-8,11,13-14,21H,9-10,12H2. The summed E-state index contributed by atoms with van der Waals surface area (Å²) in [5.41, 5.74) is 3.15. The van der Waals surface area contributed by atoms with Crippen LogP contribution in [0.25, 0.3) is 9.88 Å². The Morgan fingerprint density at radius 2 is 1.97 bits per heavy atom. The number of halogens is 1. The van der Waals surface area contributed by atoms with Gasteiger partial charge < -0.3 is 9.47 Å². The quantitative estimate of drug-likeness (QED) is 0.378. The van der Waals surface area contributed by atoms with Crippen molar-refractivity contribution in [3.8, 4) is 9.88 Å². The number of carbonyl (C=O) groups is 1. The van der Waals surface area contributed by atoms with Crippen LogP contribution in [0, 0.1) is 0 Å². The fraction of sp³-hybridized carbons (Fsp3) is 0.182. The summed E-state index contributed by atoms with van der Waals surface area (Å²) in [4.78, 5) is 21.2. The van der Waals surface area contributed by atoms with Crippen LogP contribution in [0.15, 0.2) is 70.0 Å². The molecule has 4 heterocycles. The van der Waals surface area contributed by atoms with Gasteiger partial charge in [0.05, 0.1) is 23.0 Å². The highest BCUT2D eigenvalue weighted by molar-refractivity contribution is 9.10. The minimum Gasteiger partial charge on any atom is -0.348 e. The third-order valence-corrected chi connectivity index (χ3v) is 7.89. The van der Waals surface area contributed by atoms with E-state index in [0.717, 1.165) is 32.2 Å². The van der Waals surface area contributed by atoms with E-state index in [2.05, 4.69) is 62.4 Å². The molecule has 0 fully saturated rings. The number of amides is 1. The number of thiophene rings is 1. The molecule has 0 radical (unpaired) electrons. The van der Waals surface area contributed by atoms with Crippen LogP contribution in [-0.4, -0.2) is 26.9 Å². The Hall–Kier alpha value is -2.22. The molecule has 146 valence electrons. The summed E-state index contributed by atoms with van der Waals surface area (Å²) >= 11 is 6.74. The zero-order valence-corrected chi connectivity index (χ0v) is 18.7. The fourth-order valence-electron chi connectivity index (χ4n) is 3.82. The molecule has 1 atom stereocenters. The minimum absolute atomic E-state index is 0.0567. The van der Waals surface area contributed by atoms with Gasteiger partial charge in [-0.15, -0.1) is 22.7 Å². The smallest absolute Gasteiger partial charge is 0.229 e. The SMILES string of the molecule is O=C(Cc1csc(-c2cc(Br)cs2)n1)N1CCn2cccc2C1c1ccccc1. The minimum atomic E-state index is -0.0567. The lowest BCUT2D eigenvalue weighted by molar-refractivity contribution is -0.133. The third-order valence-electron chi connectivity index (χ3n) is 5.14. The molecule has 4 nitrogen and oxygen atoms in total. The molecule has 1 aliphatic heterocycles. The van der Waals surface area contributed by atoms with E-state index in [1.165, 1.54) is 5.69 Å². The van der Waals surface area contributed by atoms with Gasteiger partial charge in [-0.1, -0.05) is 30.3 Å². The molecular formula is C22H18BrN3OS2. The number of fused-ring (bicyclic) bond motifs is 1. The van der Waals surface area contributed by atoms with Gasteiger partial charge in [-0.25, -0.2) is 4.98 Å². The van der Waals surface area contributed by atoms with E-state index < -0.39 is 0 Å². The zero-order valence-electron chi connectivity index (χ0n) is 15.5. The summed E-state index contributed by atoms with van der Waals surface area (Å²) in [6.07, 6.45) is 2.42. The number of carbonyl (C=O) groups excluding carboxylic acids is 1. The first-order valence-corrected chi connectivity index (χ1v) is 11.9. The van der Waals surface area contributed by atoms with Gasteiger partial charge in [0, 0.05) is 40.2 Å². The molecule has 3 aromatic heterocycles. The maximum absolute atomic E-state index is 13.3. The molecule has 0 spiro atoms. The summed E-state index contributed by atoms with van der Waals surface area (Å²) in [6.45, 7) is 1.53. The molecule has 1 amide bonds. The normalized spacial score (nSPS) is 16.0. The van der Waals surface area contributed by atoms with E-state index in [-0.39, 0.29) is 11.9 Å². The van der Waals surface area contributed by atoms with Crippen LogP contribution in [0.5, 0.6) is 0 Å². The van der Waals surface area contributed by atoms with Crippen molar-refractivity contribution in [3.63, 3.8) is 0 Å². The molecule has 1 unspecified atom stereocenters. The van der Waals surface area contributed by atoms with E-state index in [9.17, 15) is 4.79 Å². The van der Waals surface area contributed by atoms with Crippen LogP contribution in [0.4, 0.5) is 0 Å². The van der Waals surface area contributed by atoms with E-state index >= 15 is 0 Å². The van der Waals surface area contributed by atoms with Gasteiger partial charge in [-0.3, -0.25) is 4.79 Å². The lowest BCUT2D eigenvalue weighted by Gasteiger charge is -2.37. The van der Waals surface area contributed by atoms with E-state index in [0.29, 0.717) is 13.0 Å². The first-order valence-electron chi connectivity index (χ1n) is 9.37. The molecule has 4 aromatic rings. The Morgan fingerprint density at radius 1 is 1.10 bits per heavy atom. The maximum Gasteiger partial charge on any atom is 0.229 e. The molecule has 0 bridgehead atoms. The first-order chi connectivity index (χ1) is 14.2. The van der Waals surface area contributed by atoms with E-state index in [1.54, 1.807) is 22.7 Å². The molecule has 5 rings (SSSR count). The second kappa shape index (κ2) is 7.89. The van der Waals surface area contributed by atoms with Crippen molar-refractivity contribution in [1.82, 2.24) is 14.5 Å². The Morgan fingerprint density at radius 3 is 2.76 bits per heavy atom. The molecule has 7 heteroatoms. The summed E-state index contributed by atoms with van der Waals surface area (Å²) < 4.78 is 3.31. The van der Waals surface area contributed by atoms with Gasteiger partial charge in [0.2, 0.25) is 5.91 Å². The summed E-state index contributed by atoms with van der Waals surface area (Å²) in [7, 11) is 0. The monoisotopic (exact) mass is 483 g/mol. The van der Waals surface area contributed by atoms with Gasteiger partial charge >= 0.3 is 0 Å². The van der Waals surface area contributed by atoms with Crippen molar-refractivity contribution in [2.75, 3.05) is 6.54 Å². The van der Waals surface area contributed by atoms with Gasteiger partial charge in [0.1, 0.15) is 5.01 Å². The predicted octanol–water partition coefficient (Wildman–Crippen LogP) is 5.61. The van der Waals surface area contributed by atoms with Gasteiger partial charge in [-0.05, 0) is 39.7 Å². The average Bonchev–Trinajstić information content (AvgIpc) is 3.48. The molecule has 29 heavy (non-hydrogen) atoms. The van der Waals surface area contributed by atoms with Gasteiger partial charge in [0.25, 0.3) is 0 Å². The van der Waals surface area contributed by atoms with Crippen LogP contribution in [0.1, 0.15) is 23.0 Å². The number of thiazole rings is 1. The van der Waals surface area contributed by atoms with Crippen molar-refractivity contribution in [2.24, 2.45) is 0 Å². The largest absolute Gasteiger partial charge is 0.348 e. The van der Waals surface area contributed by atoms with Crippen molar-refractivity contribution >= 4 is 44.5 Å². The van der Waals surface area contributed by atoms with Crippen LogP contribution in [0.2, 0.25) is 0 Å². The third kappa shape index (κ3) is 3.70. The molecule has 0 aliphatic carbocycles. The van der Waals surface area contributed by atoms with Crippen LogP contribution in [0.3, 0.4) is 0 Å². The Kier molecular flexibility index (Phi) is 5.11. The van der Waals surface area contributed by atoms with E-state index in [4.69, 9.17) is 4.98 Å². The number of aromatic nitrogens is 2. The van der Waals surface area contributed by atoms with Gasteiger partial charge in [-0.2, -0.15) is 0 Å². The van der Waals surface area contributed by atoms with Crippen LogP contribution < -0.4 is 0 Å². The second-order valence-corrected chi connectivity index (χ2v) is 9.66. The lowest BCUT2D eigenvalue weighted by Crippen LogP contribution is -2.43. The molecule has 0 N–H and O–H groups in total. The van der Waals surface area contributed by atoms with Crippen molar-refractivity contribution < 1.29 is 4.79 Å². The number of hydrogen-bond donors (Lipinski definition) is 0. The molecule has 0 saturated carbocycles. The summed E-state index contributed by atoms with van der Waals surface area (Å²) in [5.74, 6) is 0.121. The van der Waals surface area contributed by atoms with Crippen LogP contribution in [-0.2, 0) is 17.8 Å². The van der Waals surface area contributed by atoms with Crippen LogP contribution >= 0.6 is 38.6 Å². The zero-order chi connectivity index (χ0) is 19.8. The fourth-order valence-corrected chi connectivity index (χ4v) is 6.15. The van der Waals surface area contributed by atoms with Crippen molar-refractivity contribution in [2.45, 2.75) is 19.0 Å². The highest BCUT2D eigenvalue weighted by Crippen LogP contribution is 2.34. The average molecular weight is 484 g/mol. The maximum atomic E-state index is 13.3. The number of benzene rings is 1. The summed E-state index contributed by atoms with van der Waals surface area (Å²) in [5, 5.41) is 5.02. The Balaban J connectivity index is 1.41.